The molecule has 0 fully saturated rings. The fraction of sp³-hybridized carbons (Fsp3) is 1.00. The van der Waals surface area contributed by atoms with E-state index in [-0.39, 0.29) is 81.7 Å². The lowest BCUT2D eigenvalue weighted by molar-refractivity contribution is 0.656. The van der Waals surface area contributed by atoms with Crippen molar-refractivity contribution in [2.75, 3.05) is 0 Å². The fourth-order valence-corrected chi connectivity index (χ4v) is 0.677. The van der Waals surface area contributed by atoms with Crippen molar-refractivity contribution in [2.24, 2.45) is 0 Å². The van der Waals surface area contributed by atoms with Gasteiger partial charge in [0, 0.05) is 0 Å². The molecule has 0 aliphatic rings. The summed E-state index contributed by atoms with van der Waals surface area (Å²) < 4.78 is 0. The van der Waals surface area contributed by atoms with Crippen LogP contribution in [-0.2, 0) is 0 Å². The van der Waals surface area contributed by atoms with Crippen LogP contribution >= 0.6 is 0 Å². The smallest absolute Gasteiger partial charge is 0.0533 e. The summed E-state index contributed by atoms with van der Waals surface area (Å²) >= 11 is 0. The van der Waals surface area contributed by atoms with E-state index in [1.54, 1.807) is 0 Å². The minimum absolute atomic E-state index is 0. The minimum Gasteiger partial charge on any atom is -0.0776 e. The molecule has 0 aromatic carbocycles. The van der Waals surface area contributed by atoms with Crippen molar-refractivity contribution in [1.29, 1.82) is 0 Å². The Kier molecular flexibility index (Phi) is 1400. The molecule has 0 saturated heterocycles. The SMILES string of the molecule is C.C.C.C.C.C.C.C.C.C.C.CCCCCCC. The third kappa shape index (κ3) is 225. The zero-order valence-corrected chi connectivity index (χ0v) is 5.54. The van der Waals surface area contributed by atoms with Gasteiger partial charge < -0.3 is 0 Å². The summed E-state index contributed by atoms with van der Waals surface area (Å²) in [5, 5.41) is 0. The molecule has 0 aromatic rings. The van der Waals surface area contributed by atoms with Gasteiger partial charge in [0.1, 0.15) is 0 Å². The van der Waals surface area contributed by atoms with Crippen LogP contribution in [0.4, 0.5) is 0 Å². The Morgan fingerprint density at radius 3 is 0.611 bits per heavy atom. The highest BCUT2D eigenvalue weighted by molar-refractivity contribution is 4.35. The van der Waals surface area contributed by atoms with Gasteiger partial charge in [-0.15, -0.1) is 0 Å². The number of rotatable bonds is 4. The molecule has 0 amide bonds. The highest BCUT2D eigenvalue weighted by Crippen LogP contribution is 2.00. The van der Waals surface area contributed by atoms with E-state index in [2.05, 4.69) is 13.8 Å². The average Bonchev–Trinajstić information content (AvgIpc) is 1.69. The van der Waals surface area contributed by atoms with E-state index in [0.717, 1.165) is 0 Å². The monoisotopic (exact) mass is 276 g/mol. The third-order valence-electron chi connectivity index (χ3n) is 1.21. The fourth-order valence-electron chi connectivity index (χ4n) is 0.677. The first-order chi connectivity index (χ1) is 3.41. The molecule has 0 saturated carbocycles. The molecule has 0 spiro atoms. The molecular weight excluding hydrogens is 216 g/mol. The summed E-state index contributed by atoms with van der Waals surface area (Å²) in [6, 6.07) is 0. The van der Waals surface area contributed by atoms with Crippen molar-refractivity contribution in [3.05, 3.63) is 0 Å². The van der Waals surface area contributed by atoms with E-state index in [1.807, 2.05) is 0 Å². The molecule has 18 heavy (non-hydrogen) atoms. The predicted molar refractivity (Wildman–Crippen MR) is 108 cm³/mol. The summed E-state index contributed by atoms with van der Waals surface area (Å²) in [6.07, 6.45) is 7.01. The Morgan fingerprint density at radius 2 is 0.500 bits per heavy atom. The maximum atomic E-state index is 2.25. The molecule has 0 unspecified atom stereocenters. The van der Waals surface area contributed by atoms with Gasteiger partial charge in [0.15, 0.2) is 0 Å². The van der Waals surface area contributed by atoms with Crippen LogP contribution in [0.5, 0.6) is 0 Å². The Hall–Kier alpha value is 0. The molecule has 0 heterocycles. The largest absolute Gasteiger partial charge is 0.0776 e. The maximum absolute atomic E-state index is 2.25. The predicted octanol–water partition coefficient (Wildman–Crippen LogP) is 9.97. The average molecular weight is 277 g/mol. The zero-order chi connectivity index (χ0) is 5.54. The molecule has 0 aliphatic carbocycles. The van der Waals surface area contributed by atoms with Gasteiger partial charge in [-0.25, -0.2) is 0 Å². The van der Waals surface area contributed by atoms with Crippen molar-refractivity contribution in [3.8, 4) is 0 Å². The molecule has 0 radical (unpaired) electrons. The van der Waals surface area contributed by atoms with Crippen LogP contribution in [0.25, 0.3) is 0 Å². The number of hydrogen-bond donors (Lipinski definition) is 0. The lowest BCUT2D eigenvalue weighted by Gasteiger charge is -1.90. The van der Waals surface area contributed by atoms with Crippen LogP contribution < -0.4 is 0 Å². The first kappa shape index (κ1) is 144. The van der Waals surface area contributed by atoms with Crippen molar-refractivity contribution in [2.45, 2.75) is 128 Å². The molecule has 0 rings (SSSR count). The quantitative estimate of drug-likeness (QED) is 0.448. The van der Waals surface area contributed by atoms with Crippen molar-refractivity contribution >= 4 is 0 Å². The lowest BCUT2D eigenvalue weighted by atomic mass is 10.2. The normalized spacial score (nSPS) is 3.67. The topological polar surface area (TPSA) is 0 Å². The molecule has 0 nitrogen and oxygen atoms in total. The lowest BCUT2D eigenvalue weighted by Crippen LogP contribution is -1.70. The van der Waals surface area contributed by atoms with Crippen LogP contribution in [0.3, 0.4) is 0 Å². The van der Waals surface area contributed by atoms with Gasteiger partial charge in [-0.3, -0.25) is 0 Å². The Morgan fingerprint density at radius 1 is 0.333 bits per heavy atom. The standard InChI is InChI=1S/C7H16.11CH4/c1-3-5-7-6-4-2;;;;;;;;;;;/h3-7H2,1-2H3;11*1H4. The summed E-state index contributed by atoms with van der Waals surface area (Å²) in [6.45, 7) is 4.49. The van der Waals surface area contributed by atoms with E-state index >= 15 is 0 Å². The molecule has 0 N–H and O–H groups in total. The highest BCUT2D eigenvalue weighted by Gasteiger charge is 1.80. The Bertz CT molecular complexity index is 19.2. The number of unbranched alkanes of at least 4 members (excludes halogenated alkanes) is 4. The summed E-state index contributed by atoms with van der Waals surface area (Å²) in [7, 11) is 0. The van der Waals surface area contributed by atoms with E-state index in [0.29, 0.717) is 0 Å². The summed E-state index contributed by atoms with van der Waals surface area (Å²) in [4.78, 5) is 0. The third-order valence-corrected chi connectivity index (χ3v) is 1.21. The first-order valence-corrected chi connectivity index (χ1v) is 3.41. The highest BCUT2D eigenvalue weighted by atomic mass is 13.9. The molecule has 0 atom stereocenters. The van der Waals surface area contributed by atoms with Crippen LogP contribution in [0, 0.1) is 0 Å². The van der Waals surface area contributed by atoms with Gasteiger partial charge in [0.2, 0.25) is 0 Å². The van der Waals surface area contributed by atoms with Gasteiger partial charge in [0.25, 0.3) is 0 Å². The van der Waals surface area contributed by atoms with Crippen LogP contribution in [0.1, 0.15) is 128 Å². The molecule has 0 aromatic heterocycles. The second kappa shape index (κ2) is 174. The molecule has 0 aliphatic heterocycles. The Labute approximate surface area is 128 Å². The first-order valence-electron chi connectivity index (χ1n) is 3.41. The van der Waals surface area contributed by atoms with Crippen molar-refractivity contribution < 1.29 is 0 Å². The molecule has 0 heteroatoms. The van der Waals surface area contributed by atoms with E-state index < -0.39 is 0 Å². The maximum Gasteiger partial charge on any atom is -0.0533 e. The van der Waals surface area contributed by atoms with Gasteiger partial charge in [-0.05, 0) is 0 Å². The van der Waals surface area contributed by atoms with Crippen LogP contribution in [0.15, 0.2) is 0 Å². The van der Waals surface area contributed by atoms with Crippen molar-refractivity contribution in [1.82, 2.24) is 0 Å². The summed E-state index contributed by atoms with van der Waals surface area (Å²) in [5.74, 6) is 0. The van der Waals surface area contributed by atoms with E-state index in [1.165, 1.54) is 32.1 Å². The molecule has 0 bridgehead atoms. The van der Waals surface area contributed by atoms with Crippen LogP contribution in [-0.4, -0.2) is 0 Å². The Balaban J connectivity index is -0.00000000327. The second-order valence-corrected chi connectivity index (χ2v) is 2.06. The van der Waals surface area contributed by atoms with Crippen LogP contribution in [0.2, 0.25) is 0 Å². The second-order valence-electron chi connectivity index (χ2n) is 2.06. The van der Waals surface area contributed by atoms with Gasteiger partial charge in [-0.1, -0.05) is 128 Å². The minimum atomic E-state index is 0. The number of hydrogen-bond acceptors (Lipinski definition) is 0. The molecule has 132 valence electrons. The van der Waals surface area contributed by atoms with Crippen molar-refractivity contribution in [3.63, 3.8) is 0 Å². The molecular formula is C18H60. The zero-order valence-electron chi connectivity index (χ0n) is 5.54. The van der Waals surface area contributed by atoms with E-state index in [9.17, 15) is 0 Å². The van der Waals surface area contributed by atoms with E-state index in [4.69, 9.17) is 0 Å². The van der Waals surface area contributed by atoms with Gasteiger partial charge >= 0.3 is 0 Å². The van der Waals surface area contributed by atoms with Gasteiger partial charge in [-0.2, -0.15) is 0 Å². The van der Waals surface area contributed by atoms with Gasteiger partial charge in [0.05, 0.1) is 0 Å². The summed E-state index contributed by atoms with van der Waals surface area (Å²) in [5.41, 5.74) is 0.